The summed E-state index contributed by atoms with van der Waals surface area (Å²) in [4.78, 5) is 27.3. The summed E-state index contributed by atoms with van der Waals surface area (Å²) < 4.78 is 28.7. The smallest absolute Gasteiger partial charge is 0.277 e. The van der Waals surface area contributed by atoms with Crippen molar-refractivity contribution in [2.75, 3.05) is 12.1 Å². The van der Waals surface area contributed by atoms with Crippen molar-refractivity contribution >= 4 is 17.2 Å². The number of rotatable bonds is 3. The molecule has 1 fully saturated rings. The van der Waals surface area contributed by atoms with E-state index in [9.17, 15) is 23.5 Å². The quantitative estimate of drug-likeness (QED) is 0.647. The molecule has 1 amide bonds. The molecule has 0 aliphatic carbocycles. The Balaban J connectivity index is 1.57. The van der Waals surface area contributed by atoms with Gasteiger partial charge >= 0.3 is 0 Å². The first-order chi connectivity index (χ1) is 15.3. The molecule has 0 unspecified atom stereocenters. The maximum atomic E-state index is 14.0. The SMILES string of the molecule is C[C@@H]1CC[C@@H]2N(C)C(=O)c3c(O)c(=O)c(-c4nnc(Cc5ccc(F)cc5F)s4)cn3N12. The number of hydrogen-bond acceptors (Lipinski definition) is 7. The Morgan fingerprint density at radius 1 is 1.22 bits per heavy atom. The molecule has 0 spiro atoms. The Kier molecular flexibility index (Phi) is 4.73. The highest BCUT2D eigenvalue weighted by Crippen LogP contribution is 2.34. The summed E-state index contributed by atoms with van der Waals surface area (Å²) in [5, 5.41) is 21.4. The zero-order valence-corrected chi connectivity index (χ0v) is 18.1. The van der Waals surface area contributed by atoms with Crippen LogP contribution in [-0.4, -0.2) is 50.0 Å². The summed E-state index contributed by atoms with van der Waals surface area (Å²) in [5.74, 6) is -2.43. The summed E-state index contributed by atoms with van der Waals surface area (Å²) in [6.07, 6.45) is 3.05. The van der Waals surface area contributed by atoms with Crippen molar-refractivity contribution in [3.63, 3.8) is 0 Å². The van der Waals surface area contributed by atoms with Crippen molar-refractivity contribution < 1.29 is 18.7 Å². The molecule has 0 radical (unpaired) electrons. The zero-order chi connectivity index (χ0) is 22.7. The highest BCUT2D eigenvalue weighted by atomic mass is 32.1. The number of amides is 1. The maximum absolute atomic E-state index is 14.0. The normalized spacial score (nSPS) is 19.9. The Morgan fingerprint density at radius 3 is 2.75 bits per heavy atom. The van der Waals surface area contributed by atoms with Crippen LogP contribution in [0.2, 0.25) is 0 Å². The van der Waals surface area contributed by atoms with Gasteiger partial charge in [-0.05, 0) is 31.4 Å². The van der Waals surface area contributed by atoms with Crippen LogP contribution in [0.3, 0.4) is 0 Å². The van der Waals surface area contributed by atoms with Gasteiger partial charge in [0.2, 0.25) is 5.43 Å². The van der Waals surface area contributed by atoms with E-state index in [-0.39, 0.29) is 40.5 Å². The van der Waals surface area contributed by atoms with E-state index < -0.39 is 28.7 Å². The predicted molar refractivity (Wildman–Crippen MR) is 113 cm³/mol. The summed E-state index contributed by atoms with van der Waals surface area (Å²) >= 11 is 1.07. The first kappa shape index (κ1) is 20.6. The van der Waals surface area contributed by atoms with Gasteiger partial charge in [0.15, 0.2) is 16.5 Å². The van der Waals surface area contributed by atoms with E-state index in [1.165, 1.54) is 17.2 Å². The Hall–Kier alpha value is -3.34. The van der Waals surface area contributed by atoms with Crippen LogP contribution < -0.4 is 10.4 Å². The lowest BCUT2D eigenvalue weighted by Crippen LogP contribution is -2.59. The third kappa shape index (κ3) is 3.07. The second-order valence-corrected chi connectivity index (χ2v) is 9.09. The van der Waals surface area contributed by atoms with Gasteiger partial charge in [0, 0.05) is 31.8 Å². The van der Waals surface area contributed by atoms with Crippen LogP contribution in [0.4, 0.5) is 8.78 Å². The first-order valence-electron chi connectivity index (χ1n) is 10.1. The summed E-state index contributed by atoms with van der Waals surface area (Å²) in [6, 6.07) is 3.39. The molecule has 1 aromatic carbocycles. The maximum Gasteiger partial charge on any atom is 0.277 e. The molecule has 2 aromatic heterocycles. The van der Waals surface area contributed by atoms with Crippen molar-refractivity contribution in [3.8, 4) is 16.3 Å². The average molecular weight is 459 g/mol. The van der Waals surface area contributed by atoms with E-state index in [2.05, 4.69) is 10.2 Å². The molecule has 166 valence electrons. The standard InChI is InChI=1S/C21H19F2N5O3S/c1-10-3-6-16-26(2)21(31)17-19(30)18(29)13(9-27(17)28(10)16)20-25-24-15(32-20)7-11-4-5-12(22)8-14(11)23/h4-5,8-10,16,30H,3,6-7H2,1-2H3/t10-,16-/m1/s1. The van der Waals surface area contributed by atoms with Crippen molar-refractivity contribution in [1.82, 2.24) is 19.8 Å². The molecule has 5 rings (SSSR count). The van der Waals surface area contributed by atoms with E-state index in [0.717, 1.165) is 36.3 Å². The fourth-order valence-electron chi connectivity index (χ4n) is 4.36. The van der Waals surface area contributed by atoms with Gasteiger partial charge in [-0.2, -0.15) is 0 Å². The van der Waals surface area contributed by atoms with Crippen LogP contribution in [0, 0.1) is 11.6 Å². The monoisotopic (exact) mass is 459 g/mol. The highest BCUT2D eigenvalue weighted by molar-refractivity contribution is 7.14. The van der Waals surface area contributed by atoms with Crippen molar-refractivity contribution in [1.29, 1.82) is 0 Å². The van der Waals surface area contributed by atoms with E-state index in [1.807, 2.05) is 11.9 Å². The predicted octanol–water partition coefficient (Wildman–Crippen LogP) is 2.47. The number of aromatic hydroxyl groups is 1. The fraction of sp³-hybridized carbons (Fsp3) is 0.333. The molecule has 4 heterocycles. The van der Waals surface area contributed by atoms with Gasteiger partial charge in [-0.3, -0.25) is 19.3 Å². The largest absolute Gasteiger partial charge is 0.502 e. The molecule has 1 saturated heterocycles. The average Bonchev–Trinajstić information content (AvgIpc) is 3.37. The second kappa shape index (κ2) is 7.37. The minimum Gasteiger partial charge on any atom is -0.502 e. The van der Waals surface area contributed by atoms with Gasteiger partial charge in [0.05, 0.1) is 5.56 Å². The number of carbonyl (C=O) groups excluding carboxylic acids is 1. The first-order valence-corrected chi connectivity index (χ1v) is 10.9. The van der Waals surface area contributed by atoms with Crippen LogP contribution >= 0.6 is 11.3 Å². The van der Waals surface area contributed by atoms with E-state index in [4.69, 9.17) is 0 Å². The van der Waals surface area contributed by atoms with E-state index >= 15 is 0 Å². The summed E-state index contributed by atoms with van der Waals surface area (Å²) in [7, 11) is 1.66. The van der Waals surface area contributed by atoms with E-state index in [1.54, 1.807) is 11.7 Å². The van der Waals surface area contributed by atoms with Crippen molar-refractivity contribution in [2.45, 2.75) is 38.4 Å². The molecular formula is C21H19F2N5O3S. The topological polar surface area (TPSA) is 91.6 Å². The lowest BCUT2D eigenvalue weighted by atomic mass is 10.1. The number of nitrogens with zero attached hydrogens (tertiary/aromatic N) is 5. The fourth-order valence-corrected chi connectivity index (χ4v) is 5.23. The molecule has 32 heavy (non-hydrogen) atoms. The Morgan fingerprint density at radius 2 is 2.00 bits per heavy atom. The molecule has 2 aliphatic rings. The minimum absolute atomic E-state index is 0.0793. The van der Waals surface area contributed by atoms with Gasteiger partial charge < -0.3 is 10.0 Å². The number of hydrogen-bond donors (Lipinski definition) is 1. The molecule has 0 bridgehead atoms. The van der Waals surface area contributed by atoms with Crippen LogP contribution in [-0.2, 0) is 6.42 Å². The Labute approximate surface area is 185 Å². The van der Waals surface area contributed by atoms with Crippen LogP contribution in [0.5, 0.6) is 5.75 Å². The third-order valence-electron chi connectivity index (χ3n) is 6.04. The van der Waals surface area contributed by atoms with E-state index in [0.29, 0.717) is 5.01 Å². The number of aromatic nitrogens is 3. The number of halogens is 2. The van der Waals surface area contributed by atoms with Crippen LogP contribution in [0.1, 0.15) is 40.8 Å². The molecule has 1 N–H and O–H groups in total. The van der Waals surface area contributed by atoms with Crippen LogP contribution in [0.15, 0.2) is 29.2 Å². The lowest BCUT2D eigenvalue weighted by Gasteiger charge is -2.43. The molecule has 3 aromatic rings. The molecule has 2 atom stereocenters. The Bertz CT molecular complexity index is 1310. The highest BCUT2D eigenvalue weighted by Gasteiger charge is 2.43. The van der Waals surface area contributed by atoms with Crippen molar-refractivity contribution in [2.24, 2.45) is 0 Å². The number of benzene rings is 1. The van der Waals surface area contributed by atoms with Gasteiger partial charge in [0.25, 0.3) is 5.91 Å². The van der Waals surface area contributed by atoms with Crippen molar-refractivity contribution in [3.05, 3.63) is 62.5 Å². The third-order valence-corrected chi connectivity index (χ3v) is 6.99. The molecule has 2 aliphatic heterocycles. The molecule has 8 nitrogen and oxygen atoms in total. The lowest BCUT2D eigenvalue weighted by molar-refractivity contribution is 0.0651. The number of fused-ring (bicyclic) bond motifs is 3. The molecule has 11 heteroatoms. The minimum atomic E-state index is -0.723. The summed E-state index contributed by atoms with van der Waals surface area (Å²) in [6.45, 7) is 2.02. The molecule has 0 saturated carbocycles. The summed E-state index contributed by atoms with van der Waals surface area (Å²) in [5.41, 5.74) is -0.449. The van der Waals surface area contributed by atoms with Gasteiger partial charge in [-0.1, -0.05) is 17.4 Å². The zero-order valence-electron chi connectivity index (χ0n) is 17.2. The second-order valence-electron chi connectivity index (χ2n) is 8.03. The molecular weight excluding hydrogens is 440 g/mol. The van der Waals surface area contributed by atoms with Gasteiger partial charge in [0.1, 0.15) is 22.8 Å². The van der Waals surface area contributed by atoms with Gasteiger partial charge in [-0.25, -0.2) is 8.78 Å². The number of pyridine rings is 1. The number of carbonyl (C=O) groups is 1. The van der Waals surface area contributed by atoms with Crippen LogP contribution in [0.25, 0.3) is 10.6 Å². The van der Waals surface area contributed by atoms with Gasteiger partial charge in [-0.15, -0.1) is 10.2 Å².